The van der Waals surface area contributed by atoms with Crippen molar-refractivity contribution in [2.45, 2.75) is 6.42 Å². The van der Waals surface area contributed by atoms with Gasteiger partial charge in [-0.3, -0.25) is 0 Å². The summed E-state index contributed by atoms with van der Waals surface area (Å²) < 4.78 is 15.9. The molecule has 0 aromatic heterocycles. The number of methoxy groups -OCH3 is 2. The highest BCUT2D eigenvalue weighted by Gasteiger charge is 2.15. The van der Waals surface area contributed by atoms with Gasteiger partial charge in [0, 0.05) is 11.6 Å². The Bertz CT molecular complexity index is 289. The molecule has 3 heteroatoms. The fraction of sp³-hybridized carbons (Fsp3) is 0.364. The molecular weight excluding hydrogens is 180 g/mol. The van der Waals surface area contributed by atoms with Crippen LogP contribution < -0.4 is 14.2 Å². The van der Waals surface area contributed by atoms with Crippen LogP contribution in [-0.4, -0.2) is 20.8 Å². The highest BCUT2D eigenvalue weighted by molar-refractivity contribution is 5.53. The van der Waals surface area contributed by atoms with Crippen LogP contribution in [0.3, 0.4) is 0 Å². The van der Waals surface area contributed by atoms with Gasteiger partial charge >= 0.3 is 0 Å². The smallest absolute Gasteiger partial charge is 0.164 e. The molecular formula is C11H13O3. The lowest BCUT2D eigenvalue weighted by atomic mass is 10.1. The van der Waals surface area contributed by atoms with Gasteiger partial charge in [0.05, 0.1) is 20.8 Å². The third-order valence-electron chi connectivity index (χ3n) is 2.26. The Labute approximate surface area is 83.6 Å². The van der Waals surface area contributed by atoms with Crippen LogP contribution >= 0.6 is 0 Å². The van der Waals surface area contributed by atoms with Gasteiger partial charge in [0.15, 0.2) is 11.5 Å². The van der Waals surface area contributed by atoms with E-state index in [2.05, 4.69) is 6.42 Å². The zero-order valence-electron chi connectivity index (χ0n) is 8.37. The van der Waals surface area contributed by atoms with Gasteiger partial charge in [-0.05, 0) is 18.9 Å². The van der Waals surface area contributed by atoms with Gasteiger partial charge in [-0.1, -0.05) is 0 Å². The quantitative estimate of drug-likeness (QED) is 0.719. The predicted octanol–water partition coefficient (Wildman–Crippen LogP) is 2.04. The normalized spacial score (nSPS) is 14.1. The number of hydrogen-bond donors (Lipinski definition) is 0. The monoisotopic (exact) mass is 193 g/mol. The molecule has 0 unspecified atom stereocenters. The van der Waals surface area contributed by atoms with Crippen molar-refractivity contribution in [1.29, 1.82) is 0 Å². The van der Waals surface area contributed by atoms with E-state index in [4.69, 9.17) is 14.2 Å². The van der Waals surface area contributed by atoms with Crippen molar-refractivity contribution in [1.82, 2.24) is 0 Å². The first-order valence-electron chi connectivity index (χ1n) is 4.57. The van der Waals surface area contributed by atoms with Gasteiger partial charge < -0.3 is 14.2 Å². The van der Waals surface area contributed by atoms with Gasteiger partial charge in [0.1, 0.15) is 5.75 Å². The molecule has 1 aliphatic rings. The molecule has 1 radical (unpaired) electrons. The molecule has 3 nitrogen and oxygen atoms in total. The van der Waals surface area contributed by atoms with E-state index in [0.717, 1.165) is 30.1 Å². The van der Waals surface area contributed by atoms with E-state index < -0.39 is 0 Å². The highest BCUT2D eigenvalue weighted by atomic mass is 16.5. The largest absolute Gasteiger partial charge is 0.493 e. The maximum absolute atomic E-state index is 5.50. The molecule has 14 heavy (non-hydrogen) atoms. The van der Waals surface area contributed by atoms with E-state index in [-0.39, 0.29) is 0 Å². The van der Waals surface area contributed by atoms with Crippen molar-refractivity contribution in [2.75, 3.05) is 20.8 Å². The maximum Gasteiger partial charge on any atom is 0.164 e. The number of fused-ring (bicyclic) bond motifs is 1. The van der Waals surface area contributed by atoms with Crippen LogP contribution in [0.4, 0.5) is 0 Å². The molecule has 0 amide bonds. The molecule has 0 bridgehead atoms. The summed E-state index contributed by atoms with van der Waals surface area (Å²) >= 11 is 0. The summed E-state index contributed by atoms with van der Waals surface area (Å²) in [6.45, 7) is 0.739. The van der Waals surface area contributed by atoms with Crippen molar-refractivity contribution < 1.29 is 14.2 Å². The Balaban J connectivity index is 2.43. The molecule has 1 aromatic carbocycles. The summed E-state index contributed by atoms with van der Waals surface area (Å²) in [5.74, 6) is 2.32. The standard InChI is InChI=1S/C11H13O3/c1-12-10-6-8-4-3-5-14-9(8)7-11(10)13-2/h4,6-7H,3,5H2,1-2H3. The molecule has 0 N–H and O–H groups in total. The van der Waals surface area contributed by atoms with Crippen molar-refractivity contribution in [3.63, 3.8) is 0 Å². The number of ether oxygens (including phenoxy) is 3. The molecule has 1 heterocycles. The highest BCUT2D eigenvalue weighted by Crippen LogP contribution is 2.37. The lowest BCUT2D eigenvalue weighted by Crippen LogP contribution is -2.07. The first-order chi connectivity index (χ1) is 6.85. The molecule has 0 spiro atoms. The molecule has 0 saturated carbocycles. The Morgan fingerprint density at radius 2 is 1.86 bits per heavy atom. The van der Waals surface area contributed by atoms with Gasteiger partial charge in [-0.15, -0.1) is 0 Å². The van der Waals surface area contributed by atoms with E-state index in [1.807, 2.05) is 12.1 Å². The second kappa shape index (κ2) is 3.78. The molecule has 0 fully saturated rings. The minimum absolute atomic E-state index is 0.710. The van der Waals surface area contributed by atoms with E-state index in [9.17, 15) is 0 Å². The Morgan fingerprint density at radius 3 is 2.57 bits per heavy atom. The fourth-order valence-corrected chi connectivity index (χ4v) is 1.54. The molecule has 1 aliphatic heterocycles. The molecule has 0 aliphatic carbocycles. The molecule has 2 rings (SSSR count). The van der Waals surface area contributed by atoms with Crippen molar-refractivity contribution in [2.24, 2.45) is 0 Å². The lowest BCUT2D eigenvalue weighted by molar-refractivity contribution is 0.299. The van der Waals surface area contributed by atoms with Gasteiger partial charge in [-0.25, -0.2) is 0 Å². The molecule has 0 saturated heterocycles. The van der Waals surface area contributed by atoms with Crippen LogP contribution in [0, 0.1) is 6.42 Å². The maximum atomic E-state index is 5.50. The predicted molar refractivity (Wildman–Crippen MR) is 53.1 cm³/mol. The first-order valence-corrected chi connectivity index (χ1v) is 4.57. The summed E-state index contributed by atoms with van der Waals surface area (Å²) in [6.07, 6.45) is 3.09. The van der Waals surface area contributed by atoms with E-state index in [1.165, 1.54) is 0 Å². The van der Waals surface area contributed by atoms with E-state index >= 15 is 0 Å². The number of hydrogen-bond acceptors (Lipinski definition) is 3. The summed E-state index contributed by atoms with van der Waals surface area (Å²) in [6, 6.07) is 3.80. The van der Waals surface area contributed by atoms with Crippen LogP contribution in [0.5, 0.6) is 17.2 Å². The Morgan fingerprint density at radius 1 is 1.14 bits per heavy atom. The topological polar surface area (TPSA) is 27.7 Å². The van der Waals surface area contributed by atoms with Crippen LogP contribution in [0.1, 0.15) is 12.0 Å². The zero-order chi connectivity index (χ0) is 9.97. The van der Waals surface area contributed by atoms with Crippen LogP contribution in [0.25, 0.3) is 0 Å². The minimum atomic E-state index is 0.710. The third kappa shape index (κ3) is 1.50. The summed E-state index contributed by atoms with van der Waals surface area (Å²) in [7, 11) is 3.25. The Kier molecular flexibility index (Phi) is 2.48. The van der Waals surface area contributed by atoms with Gasteiger partial charge in [0.2, 0.25) is 0 Å². The van der Waals surface area contributed by atoms with Crippen molar-refractivity contribution in [3.8, 4) is 17.2 Å². The second-order valence-electron chi connectivity index (χ2n) is 3.09. The van der Waals surface area contributed by atoms with E-state index in [0.29, 0.717) is 5.75 Å². The van der Waals surface area contributed by atoms with E-state index in [1.54, 1.807) is 14.2 Å². The third-order valence-corrected chi connectivity index (χ3v) is 2.26. The zero-order valence-corrected chi connectivity index (χ0v) is 8.37. The fourth-order valence-electron chi connectivity index (χ4n) is 1.54. The second-order valence-corrected chi connectivity index (χ2v) is 3.09. The lowest BCUT2D eigenvalue weighted by Gasteiger charge is -2.19. The van der Waals surface area contributed by atoms with Crippen LogP contribution in [0.15, 0.2) is 12.1 Å². The minimum Gasteiger partial charge on any atom is -0.493 e. The summed E-state index contributed by atoms with van der Waals surface area (Å²) in [5.41, 5.74) is 1.08. The summed E-state index contributed by atoms with van der Waals surface area (Å²) in [4.78, 5) is 0. The van der Waals surface area contributed by atoms with Gasteiger partial charge in [0.25, 0.3) is 0 Å². The number of benzene rings is 1. The van der Waals surface area contributed by atoms with Crippen molar-refractivity contribution in [3.05, 3.63) is 24.1 Å². The van der Waals surface area contributed by atoms with Gasteiger partial charge in [-0.2, -0.15) is 0 Å². The average molecular weight is 193 g/mol. The molecule has 1 aromatic rings. The molecule has 75 valence electrons. The Hall–Kier alpha value is -1.38. The molecule has 0 atom stereocenters. The number of rotatable bonds is 2. The average Bonchev–Trinajstić information content (AvgIpc) is 2.27. The SMILES string of the molecule is COc1cc2c(cc1OC)OCC[CH]2. The van der Waals surface area contributed by atoms with Crippen LogP contribution in [-0.2, 0) is 0 Å². The first kappa shape index (κ1) is 9.19. The van der Waals surface area contributed by atoms with Crippen molar-refractivity contribution >= 4 is 0 Å². The van der Waals surface area contributed by atoms with Crippen LogP contribution in [0.2, 0.25) is 0 Å². The summed E-state index contributed by atoms with van der Waals surface area (Å²) in [5, 5.41) is 0.